The highest BCUT2D eigenvalue weighted by atomic mass is 19.1. The molecule has 3 nitrogen and oxygen atoms in total. The predicted molar refractivity (Wildman–Crippen MR) is 52.0 cm³/mol. The van der Waals surface area contributed by atoms with Crippen LogP contribution in [0.25, 0.3) is 11.3 Å². The van der Waals surface area contributed by atoms with Crippen molar-refractivity contribution in [2.75, 3.05) is 0 Å². The summed E-state index contributed by atoms with van der Waals surface area (Å²) >= 11 is 0. The molecule has 0 aliphatic rings. The first-order valence-electron chi connectivity index (χ1n) is 4.39. The number of hydrogen-bond donors (Lipinski definition) is 0. The zero-order valence-electron chi connectivity index (χ0n) is 8.03. The fourth-order valence-electron chi connectivity index (χ4n) is 1.23. The lowest BCUT2D eigenvalue weighted by molar-refractivity contribution is 0.111. The van der Waals surface area contributed by atoms with Crippen LogP contribution in [0.3, 0.4) is 0 Å². The van der Waals surface area contributed by atoms with Crippen LogP contribution in [0.5, 0.6) is 0 Å². The van der Waals surface area contributed by atoms with Gasteiger partial charge in [-0.05, 0) is 18.6 Å². The van der Waals surface area contributed by atoms with Crippen LogP contribution in [-0.4, -0.2) is 11.4 Å². The van der Waals surface area contributed by atoms with Crippen molar-refractivity contribution in [1.82, 2.24) is 5.16 Å². The predicted octanol–water partition coefficient (Wildman–Crippen LogP) is 2.60. The first kappa shape index (κ1) is 9.58. The zero-order valence-corrected chi connectivity index (χ0v) is 8.03. The monoisotopic (exact) mass is 205 g/mol. The summed E-state index contributed by atoms with van der Waals surface area (Å²) in [7, 11) is 0. The van der Waals surface area contributed by atoms with Crippen molar-refractivity contribution in [3.8, 4) is 11.3 Å². The average molecular weight is 205 g/mol. The van der Waals surface area contributed by atoms with Gasteiger partial charge in [-0.1, -0.05) is 17.3 Å². The van der Waals surface area contributed by atoms with Gasteiger partial charge in [-0.2, -0.15) is 0 Å². The molecule has 2 aromatic rings. The molecule has 1 aromatic heterocycles. The summed E-state index contributed by atoms with van der Waals surface area (Å²) < 4.78 is 18.1. The van der Waals surface area contributed by atoms with E-state index in [0.717, 1.165) is 0 Å². The summed E-state index contributed by atoms with van der Waals surface area (Å²) in [5.41, 5.74) is 1.33. The Morgan fingerprint density at radius 3 is 2.80 bits per heavy atom. The number of halogens is 1. The van der Waals surface area contributed by atoms with Crippen LogP contribution < -0.4 is 0 Å². The first-order chi connectivity index (χ1) is 7.20. The average Bonchev–Trinajstić information content (AvgIpc) is 2.70. The lowest BCUT2D eigenvalue weighted by atomic mass is 10.1. The molecule has 0 saturated heterocycles. The Kier molecular flexibility index (Phi) is 2.33. The van der Waals surface area contributed by atoms with Crippen molar-refractivity contribution < 1.29 is 13.7 Å². The van der Waals surface area contributed by atoms with E-state index in [1.54, 1.807) is 19.1 Å². The van der Waals surface area contributed by atoms with E-state index in [1.165, 1.54) is 12.1 Å². The minimum atomic E-state index is -0.309. The topological polar surface area (TPSA) is 43.1 Å². The Bertz CT molecular complexity index is 505. The molecule has 0 aliphatic heterocycles. The first-order valence-corrected chi connectivity index (χ1v) is 4.39. The highest BCUT2D eigenvalue weighted by molar-refractivity contribution is 5.74. The van der Waals surface area contributed by atoms with Crippen molar-refractivity contribution in [1.29, 1.82) is 0 Å². The Morgan fingerprint density at radius 1 is 1.40 bits per heavy atom. The van der Waals surface area contributed by atoms with Crippen LogP contribution in [-0.2, 0) is 0 Å². The number of carbonyl (C=O) groups is 1. The lowest BCUT2D eigenvalue weighted by Gasteiger charge is -1.98. The number of carbonyl (C=O) groups excluding carboxylic acids is 1. The third-order valence-corrected chi connectivity index (χ3v) is 2.11. The van der Waals surface area contributed by atoms with Crippen molar-refractivity contribution in [2.24, 2.45) is 0 Å². The third-order valence-electron chi connectivity index (χ3n) is 2.11. The summed E-state index contributed by atoms with van der Waals surface area (Å²) in [6.45, 7) is 1.68. The molecule has 76 valence electrons. The van der Waals surface area contributed by atoms with Crippen LogP contribution in [0, 0.1) is 12.7 Å². The summed E-state index contributed by atoms with van der Waals surface area (Å²) in [5.74, 6) is 0.0764. The maximum Gasteiger partial charge on any atom is 0.171 e. The van der Waals surface area contributed by atoms with E-state index >= 15 is 0 Å². The maximum atomic E-state index is 13.2. The second-order valence-electron chi connectivity index (χ2n) is 3.20. The molecule has 0 atom stereocenters. The molecule has 0 fully saturated rings. The molecule has 0 bridgehead atoms. The third kappa shape index (κ3) is 1.79. The minimum absolute atomic E-state index is 0.200. The summed E-state index contributed by atoms with van der Waals surface area (Å²) in [5, 5.41) is 3.50. The van der Waals surface area contributed by atoms with E-state index in [0.29, 0.717) is 23.2 Å². The largest absolute Gasteiger partial charge is 0.356 e. The summed E-state index contributed by atoms with van der Waals surface area (Å²) in [6, 6.07) is 6.18. The van der Waals surface area contributed by atoms with Gasteiger partial charge in [0.05, 0.1) is 0 Å². The van der Waals surface area contributed by atoms with Gasteiger partial charge in [0, 0.05) is 11.6 Å². The molecule has 15 heavy (non-hydrogen) atoms. The SMILES string of the molecule is Cc1ccc(-c2cc(C=O)no2)cc1F. The number of aryl methyl sites for hydroxylation is 1. The number of aromatic nitrogens is 1. The van der Waals surface area contributed by atoms with Crippen LogP contribution in [0.4, 0.5) is 4.39 Å². The molecule has 0 amide bonds. The molecule has 1 heterocycles. The van der Waals surface area contributed by atoms with Gasteiger partial charge < -0.3 is 4.52 Å². The Morgan fingerprint density at radius 2 is 2.20 bits per heavy atom. The van der Waals surface area contributed by atoms with Gasteiger partial charge in [0.15, 0.2) is 12.0 Å². The molecule has 4 heteroatoms. The fourth-order valence-corrected chi connectivity index (χ4v) is 1.23. The van der Waals surface area contributed by atoms with E-state index < -0.39 is 0 Å². The van der Waals surface area contributed by atoms with Crippen molar-refractivity contribution in [3.63, 3.8) is 0 Å². The fraction of sp³-hybridized carbons (Fsp3) is 0.0909. The normalized spacial score (nSPS) is 10.3. The second kappa shape index (κ2) is 3.65. The van der Waals surface area contributed by atoms with E-state index in [4.69, 9.17) is 4.52 Å². The highest BCUT2D eigenvalue weighted by Gasteiger charge is 2.07. The molecular weight excluding hydrogens is 197 g/mol. The minimum Gasteiger partial charge on any atom is -0.356 e. The number of aldehydes is 1. The highest BCUT2D eigenvalue weighted by Crippen LogP contribution is 2.21. The van der Waals surface area contributed by atoms with Crippen molar-refractivity contribution in [3.05, 3.63) is 41.3 Å². The standard InChI is InChI=1S/C11H8FNO2/c1-7-2-3-8(4-10(7)12)11-5-9(6-14)13-15-11/h2-6H,1H3. The van der Waals surface area contributed by atoms with Gasteiger partial charge >= 0.3 is 0 Å². The van der Waals surface area contributed by atoms with Gasteiger partial charge in [0.1, 0.15) is 11.5 Å². The Balaban J connectivity index is 2.44. The second-order valence-corrected chi connectivity index (χ2v) is 3.20. The van der Waals surface area contributed by atoms with E-state index in [9.17, 15) is 9.18 Å². The van der Waals surface area contributed by atoms with Gasteiger partial charge in [-0.25, -0.2) is 4.39 Å². The van der Waals surface area contributed by atoms with Crippen molar-refractivity contribution >= 4 is 6.29 Å². The molecule has 2 rings (SSSR count). The number of nitrogens with zero attached hydrogens (tertiary/aromatic N) is 1. The summed E-state index contributed by atoms with van der Waals surface area (Å²) in [6.07, 6.45) is 0.581. The quantitative estimate of drug-likeness (QED) is 0.708. The van der Waals surface area contributed by atoms with Crippen LogP contribution >= 0.6 is 0 Å². The Hall–Kier alpha value is -1.97. The van der Waals surface area contributed by atoms with E-state index in [-0.39, 0.29) is 11.5 Å². The number of benzene rings is 1. The number of rotatable bonds is 2. The van der Waals surface area contributed by atoms with Gasteiger partial charge in [-0.15, -0.1) is 0 Å². The maximum absolute atomic E-state index is 13.2. The molecule has 0 saturated carbocycles. The molecule has 0 aliphatic carbocycles. The molecule has 0 unspecified atom stereocenters. The van der Waals surface area contributed by atoms with Crippen molar-refractivity contribution in [2.45, 2.75) is 6.92 Å². The molecule has 0 radical (unpaired) electrons. The van der Waals surface area contributed by atoms with Gasteiger partial charge in [-0.3, -0.25) is 4.79 Å². The molecule has 1 aromatic carbocycles. The van der Waals surface area contributed by atoms with Crippen LogP contribution in [0.1, 0.15) is 16.1 Å². The van der Waals surface area contributed by atoms with E-state index in [1.807, 2.05) is 0 Å². The summed E-state index contributed by atoms with van der Waals surface area (Å²) in [4.78, 5) is 10.4. The van der Waals surface area contributed by atoms with E-state index in [2.05, 4.69) is 5.16 Å². The number of hydrogen-bond acceptors (Lipinski definition) is 3. The molecule has 0 spiro atoms. The molecular formula is C11H8FNO2. The van der Waals surface area contributed by atoms with Gasteiger partial charge in [0.25, 0.3) is 0 Å². The lowest BCUT2D eigenvalue weighted by Crippen LogP contribution is -1.82. The Labute approximate surface area is 85.5 Å². The zero-order chi connectivity index (χ0) is 10.8. The van der Waals surface area contributed by atoms with Gasteiger partial charge in [0.2, 0.25) is 0 Å². The van der Waals surface area contributed by atoms with Crippen LogP contribution in [0.2, 0.25) is 0 Å². The smallest absolute Gasteiger partial charge is 0.171 e. The van der Waals surface area contributed by atoms with Crippen LogP contribution in [0.15, 0.2) is 28.8 Å². The molecule has 0 N–H and O–H groups in total.